The van der Waals surface area contributed by atoms with Crippen molar-refractivity contribution in [2.24, 2.45) is 0 Å². The first-order valence-corrected chi connectivity index (χ1v) is 9.88. The van der Waals surface area contributed by atoms with Crippen molar-refractivity contribution in [2.75, 3.05) is 16.4 Å². The van der Waals surface area contributed by atoms with Crippen molar-refractivity contribution in [2.45, 2.75) is 30.6 Å². The smallest absolute Gasteiger partial charge is 0.256 e. The topological polar surface area (TPSA) is 82.0 Å². The van der Waals surface area contributed by atoms with Gasteiger partial charge in [-0.15, -0.1) is 23.1 Å². The molecule has 0 fully saturated rings. The maximum Gasteiger partial charge on any atom is 0.256 e. The maximum absolute atomic E-state index is 12.6. The molecule has 0 atom stereocenters. The third-order valence-corrected chi connectivity index (χ3v) is 6.67. The Morgan fingerprint density at radius 1 is 1.28 bits per heavy atom. The van der Waals surface area contributed by atoms with Gasteiger partial charge in [-0.1, -0.05) is 0 Å². The molecule has 5 nitrogen and oxygen atoms in total. The molecule has 0 saturated heterocycles. The van der Waals surface area contributed by atoms with Crippen LogP contribution < -0.4 is 10.6 Å². The standard InChI is InChI=1S/C18H15N3O2S2/c19-8-12-11-3-1-2-4-14(11)25-18(12)21-17(23)10-5-6-15-13(7-10)20-16(22)9-24-15/h5-7H,1-4,9H2,(H,20,22)(H,21,23). The van der Waals surface area contributed by atoms with Gasteiger partial charge in [-0.25, -0.2) is 0 Å². The summed E-state index contributed by atoms with van der Waals surface area (Å²) in [5, 5.41) is 15.8. The van der Waals surface area contributed by atoms with Gasteiger partial charge in [-0.05, 0) is 49.4 Å². The van der Waals surface area contributed by atoms with Gasteiger partial charge in [0.25, 0.3) is 5.91 Å². The lowest BCUT2D eigenvalue weighted by molar-refractivity contribution is -0.113. The minimum atomic E-state index is -0.261. The van der Waals surface area contributed by atoms with Crippen molar-refractivity contribution in [1.29, 1.82) is 5.26 Å². The van der Waals surface area contributed by atoms with Gasteiger partial charge in [0.05, 0.1) is 17.0 Å². The molecule has 1 aliphatic carbocycles. The summed E-state index contributed by atoms with van der Waals surface area (Å²) >= 11 is 2.97. The molecule has 25 heavy (non-hydrogen) atoms. The molecule has 126 valence electrons. The lowest BCUT2D eigenvalue weighted by atomic mass is 9.96. The zero-order valence-corrected chi connectivity index (χ0v) is 15.0. The van der Waals surface area contributed by atoms with E-state index in [0.29, 0.717) is 27.6 Å². The summed E-state index contributed by atoms with van der Waals surface area (Å²) in [7, 11) is 0. The molecule has 2 aliphatic rings. The summed E-state index contributed by atoms with van der Waals surface area (Å²) in [5.74, 6) is 0.0700. The number of anilines is 2. The highest BCUT2D eigenvalue weighted by Crippen LogP contribution is 2.38. The van der Waals surface area contributed by atoms with Gasteiger partial charge >= 0.3 is 0 Å². The number of rotatable bonds is 2. The van der Waals surface area contributed by atoms with E-state index in [2.05, 4.69) is 16.7 Å². The number of benzene rings is 1. The second-order valence-electron chi connectivity index (χ2n) is 6.03. The van der Waals surface area contributed by atoms with Crippen LogP contribution in [0, 0.1) is 11.3 Å². The number of aryl methyl sites for hydroxylation is 1. The molecule has 2 aromatic rings. The highest BCUT2D eigenvalue weighted by atomic mass is 32.2. The first kappa shape index (κ1) is 16.2. The third-order valence-electron chi connectivity index (χ3n) is 4.38. The van der Waals surface area contributed by atoms with Crippen molar-refractivity contribution in [3.05, 3.63) is 39.8 Å². The Balaban J connectivity index is 1.61. The predicted molar refractivity (Wildman–Crippen MR) is 99.4 cm³/mol. The van der Waals surface area contributed by atoms with Crippen LogP contribution in [0.4, 0.5) is 10.7 Å². The zero-order chi connectivity index (χ0) is 17.4. The van der Waals surface area contributed by atoms with Crippen molar-refractivity contribution in [3.63, 3.8) is 0 Å². The molecular formula is C18H15N3O2S2. The van der Waals surface area contributed by atoms with Crippen LogP contribution in [-0.2, 0) is 17.6 Å². The van der Waals surface area contributed by atoms with E-state index >= 15 is 0 Å². The van der Waals surface area contributed by atoms with Crippen LogP contribution in [0.2, 0.25) is 0 Å². The Hall–Kier alpha value is -2.30. The largest absolute Gasteiger partial charge is 0.324 e. The monoisotopic (exact) mass is 369 g/mol. The van der Waals surface area contributed by atoms with Crippen LogP contribution in [0.5, 0.6) is 0 Å². The summed E-state index contributed by atoms with van der Waals surface area (Å²) in [6, 6.07) is 7.53. The number of thioether (sulfide) groups is 1. The van der Waals surface area contributed by atoms with Gasteiger partial charge in [-0.3, -0.25) is 9.59 Å². The van der Waals surface area contributed by atoms with E-state index in [1.807, 2.05) is 6.07 Å². The first-order chi connectivity index (χ1) is 12.2. The van der Waals surface area contributed by atoms with Crippen LogP contribution in [0.15, 0.2) is 23.1 Å². The molecule has 2 amide bonds. The number of hydrogen-bond acceptors (Lipinski definition) is 5. The molecule has 1 aromatic carbocycles. The van der Waals surface area contributed by atoms with E-state index < -0.39 is 0 Å². The Morgan fingerprint density at radius 2 is 2.12 bits per heavy atom. The van der Waals surface area contributed by atoms with Crippen molar-refractivity contribution >= 4 is 45.6 Å². The lowest BCUT2D eigenvalue weighted by Crippen LogP contribution is -2.19. The van der Waals surface area contributed by atoms with Crippen molar-refractivity contribution < 1.29 is 9.59 Å². The van der Waals surface area contributed by atoms with Crippen LogP contribution in [0.1, 0.15) is 39.2 Å². The van der Waals surface area contributed by atoms with E-state index in [1.54, 1.807) is 12.1 Å². The van der Waals surface area contributed by atoms with E-state index in [4.69, 9.17) is 0 Å². The minimum Gasteiger partial charge on any atom is -0.324 e. The number of thiophene rings is 1. The second-order valence-corrected chi connectivity index (χ2v) is 8.15. The molecule has 0 saturated carbocycles. The number of carbonyl (C=O) groups excluding carboxylic acids is 2. The van der Waals surface area contributed by atoms with Gasteiger partial charge < -0.3 is 10.6 Å². The molecule has 1 aromatic heterocycles. The molecule has 2 heterocycles. The number of fused-ring (bicyclic) bond motifs is 2. The zero-order valence-electron chi connectivity index (χ0n) is 13.3. The normalized spacial score (nSPS) is 15.6. The number of nitriles is 1. The van der Waals surface area contributed by atoms with Gasteiger partial charge in [0.1, 0.15) is 11.1 Å². The molecule has 4 rings (SSSR count). The van der Waals surface area contributed by atoms with Gasteiger partial charge in [0.15, 0.2) is 0 Å². The Kier molecular flexibility index (Phi) is 4.24. The minimum absolute atomic E-state index is 0.0623. The van der Waals surface area contributed by atoms with Crippen LogP contribution >= 0.6 is 23.1 Å². The molecule has 0 unspecified atom stereocenters. The fourth-order valence-electron chi connectivity index (χ4n) is 3.17. The molecule has 2 N–H and O–H groups in total. The van der Waals surface area contributed by atoms with E-state index in [0.717, 1.165) is 36.1 Å². The molecule has 7 heteroatoms. The van der Waals surface area contributed by atoms with Gasteiger partial charge in [0, 0.05) is 15.3 Å². The SMILES string of the molecule is N#Cc1c(NC(=O)c2ccc3c(c2)NC(=O)CS3)sc2c1CCCC2. The van der Waals surface area contributed by atoms with Crippen molar-refractivity contribution in [1.82, 2.24) is 0 Å². The third kappa shape index (κ3) is 3.03. The first-order valence-electron chi connectivity index (χ1n) is 8.08. The molecule has 1 aliphatic heterocycles. The maximum atomic E-state index is 12.6. The summed E-state index contributed by atoms with van der Waals surface area (Å²) in [4.78, 5) is 26.3. The Labute approximate surface area is 153 Å². The number of nitrogens with zero attached hydrogens (tertiary/aromatic N) is 1. The van der Waals surface area contributed by atoms with Crippen molar-refractivity contribution in [3.8, 4) is 6.07 Å². The number of nitrogens with one attached hydrogen (secondary N) is 2. The Morgan fingerprint density at radius 3 is 2.96 bits per heavy atom. The van der Waals surface area contributed by atoms with Crippen LogP contribution in [-0.4, -0.2) is 17.6 Å². The average Bonchev–Trinajstić information content (AvgIpc) is 2.97. The number of amides is 2. The average molecular weight is 369 g/mol. The summed E-state index contributed by atoms with van der Waals surface area (Å²) in [6.45, 7) is 0. The van der Waals surface area contributed by atoms with E-state index in [-0.39, 0.29) is 11.8 Å². The molecule has 0 radical (unpaired) electrons. The lowest BCUT2D eigenvalue weighted by Gasteiger charge is -2.16. The molecule has 0 bridgehead atoms. The highest BCUT2D eigenvalue weighted by Gasteiger charge is 2.23. The molecular weight excluding hydrogens is 354 g/mol. The second kappa shape index (κ2) is 6.54. The fraction of sp³-hybridized carbons (Fsp3) is 0.278. The number of hydrogen-bond donors (Lipinski definition) is 2. The highest BCUT2D eigenvalue weighted by molar-refractivity contribution is 8.00. The summed E-state index contributed by atoms with van der Waals surface area (Å²) in [6.07, 6.45) is 4.11. The van der Waals surface area contributed by atoms with E-state index in [1.165, 1.54) is 28.0 Å². The summed E-state index contributed by atoms with van der Waals surface area (Å²) in [5.41, 5.74) is 2.84. The van der Waals surface area contributed by atoms with Crippen LogP contribution in [0.3, 0.4) is 0 Å². The predicted octanol–water partition coefficient (Wildman–Crippen LogP) is 3.80. The van der Waals surface area contributed by atoms with E-state index in [9.17, 15) is 14.9 Å². The molecule has 0 spiro atoms. The quantitative estimate of drug-likeness (QED) is 0.844. The number of carbonyl (C=O) groups is 2. The van der Waals surface area contributed by atoms with Crippen LogP contribution in [0.25, 0.3) is 0 Å². The Bertz CT molecular complexity index is 927. The van der Waals surface area contributed by atoms with Gasteiger partial charge in [0.2, 0.25) is 5.91 Å². The fourth-order valence-corrected chi connectivity index (χ4v) is 5.20. The van der Waals surface area contributed by atoms with Gasteiger partial charge in [-0.2, -0.15) is 5.26 Å². The summed E-state index contributed by atoms with van der Waals surface area (Å²) < 4.78 is 0.